The van der Waals surface area contributed by atoms with E-state index in [1.54, 1.807) is 12.5 Å². The van der Waals surface area contributed by atoms with Crippen molar-refractivity contribution < 1.29 is 39.1 Å². The molecule has 0 aromatic rings. The molecule has 0 atom stereocenters. The molecule has 0 aromatic heterocycles. The Kier molecular flexibility index (Phi) is 21.3. The Bertz CT molecular complexity index is 109. The minimum atomic E-state index is -0.329. The molecule has 0 saturated carbocycles. The minimum Gasteiger partial charge on any atom is -0.361 e. The van der Waals surface area contributed by atoms with Crippen LogP contribution in [0.4, 0.5) is 9.59 Å². The first-order chi connectivity index (χ1) is 4.54. The zero-order valence-electron chi connectivity index (χ0n) is 6.79. The second-order valence-electron chi connectivity index (χ2n) is 1.05. The smallest absolute Gasteiger partial charge is 0.361 e. The van der Waals surface area contributed by atoms with Crippen LogP contribution < -0.4 is 41.0 Å². The van der Waals surface area contributed by atoms with Crippen molar-refractivity contribution in [2.24, 2.45) is 11.5 Å². The summed E-state index contributed by atoms with van der Waals surface area (Å²) in [7, 11) is 0. The molecule has 4 nitrogen and oxygen atoms in total. The van der Waals surface area contributed by atoms with Crippen molar-refractivity contribution >= 4 is 34.0 Å². The summed E-state index contributed by atoms with van der Waals surface area (Å²) in [5.41, 5.74) is 9.23. The summed E-state index contributed by atoms with van der Waals surface area (Å²) < 4.78 is 0. The van der Waals surface area contributed by atoms with Gasteiger partial charge < -0.3 is 11.5 Å². The zero-order valence-corrected chi connectivity index (χ0v) is 10.4. The topological polar surface area (TPSA) is 86.2 Å². The second-order valence-corrected chi connectivity index (χ2v) is 2.67. The van der Waals surface area contributed by atoms with Crippen LogP contribution >= 0.6 is 23.5 Å². The average Bonchev–Trinajstić information content (AvgIpc) is 1.89. The van der Waals surface area contributed by atoms with Gasteiger partial charge in [0.25, 0.3) is 10.5 Å². The molecule has 0 aromatic carbocycles. The fourth-order valence-electron chi connectivity index (χ4n) is 0. The van der Waals surface area contributed by atoms with E-state index in [0.29, 0.717) is 0 Å². The maximum absolute atomic E-state index is 9.55. The molecule has 0 unspecified atom stereocenters. The van der Waals surface area contributed by atoms with E-state index in [2.05, 4.69) is 11.5 Å². The molecule has 0 fully saturated rings. The number of carbonyl (C=O) groups excluding carboxylic acids is 2. The third kappa shape index (κ3) is 36.9. The van der Waals surface area contributed by atoms with Crippen LogP contribution in [0, 0.1) is 0 Å². The molecule has 0 aliphatic heterocycles. The molecule has 0 saturated heterocycles. The van der Waals surface area contributed by atoms with Gasteiger partial charge in [-0.3, -0.25) is 9.59 Å². The van der Waals surface area contributed by atoms with E-state index in [0.717, 1.165) is 23.5 Å². The maximum atomic E-state index is 9.55. The number of thioether (sulfide) groups is 2. The molecule has 0 rings (SSSR count). The fraction of sp³-hybridized carbons (Fsp3) is 0.500. The van der Waals surface area contributed by atoms with E-state index in [1.165, 1.54) is 0 Å². The van der Waals surface area contributed by atoms with Gasteiger partial charge in [0, 0.05) is 0 Å². The van der Waals surface area contributed by atoms with E-state index >= 15 is 0 Å². The predicted molar refractivity (Wildman–Crippen MR) is 46.2 cm³/mol. The fourth-order valence-corrected chi connectivity index (χ4v) is 0. The summed E-state index contributed by atoms with van der Waals surface area (Å²) in [5, 5.41) is -0.657. The molecular formula is C4H10N2NaO2S2+. The monoisotopic (exact) mass is 205 g/mol. The van der Waals surface area contributed by atoms with Crippen molar-refractivity contribution in [1.29, 1.82) is 0 Å². The van der Waals surface area contributed by atoms with Crippen molar-refractivity contribution in [1.82, 2.24) is 0 Å². The Balaban J connectivity index is -0.000000107. The number of hydrogen-bond donors (Lipinski definition) is 2. The van der Waals surface area contributed by atoms with Crippen molar-refractivity contribution in [3.63, 3.8) is 0 Å². The molecule has 0 radical (unpaired) electrons. The molecule has 4 N–H and O–H groups in total. The van der Waals surface area contributed by atoms with Crippen molar-refractivity contribution in [2.75, 3.05) is 12.5 Å². The van der Waals surface area contributed by atoms with Gasteiger partial charge in [-0.1, -0.05) is 23.5 Å². The molecule has 0 aliphatic rings. The summed E-state index contributed by atoms with van der Waals surface area (Å²) in [4.78, 5) is 19.1. The van der Waals surface area contributed by atoms with Crippen LogP contribution in [0.1, 0.15) is 0 Å². The van der Waals surface area contributed by atoms with Gasteiger partial charge in [0.15, 0.2) is 0 Å². The minimum absolute atomic E-state index is 0. The molecule has 0 bridgehead atoms. The summed E-state index contributed by atoms with van der Waals surface area (Å²) in [6.45, 7) is 0. The van der Waals surface area contributed by atoms with Gasteiger partial charge in [-0.25, -0.2) is 0 Å². The summed E-state index contributed by atoms with van der Waals surface area (Å²) in [6, 6.07) is 0. The molecule has 0 spiro atoms. The van der Waals surface area contributed by atoms with Crippen LogP contribution in [0.3, 0.4) is 0 Å². The molecular weight excluding hydrogens is 195 g/mol. The van der Waals surface area contributed by atoms with E-state index < -0.39 is 0 Å². The van der Waals surface area contributed by atoms with Crippen LogP contribution in [0.2, 0.25) is 0 Å². The molecule has 0 aliphatic carbocycles. The molecule has 11 heavy (non-hydrogen) atoms. The van der Waals surface area contributed by atoms with Crippen LogP contribution in [-0.2, 0) is 0 Å². The van der Waals surface area contributed by atoms with Crippen molar-refractivity contribution in [3.8, 4) is 0 Å². The molecule has 0 heterocycles. The van der Waals surface area contributed by atoms with Gasteiger partial charge in [0.2, 0.25) is 0 Å². The van der Waals surface area contributed by atoms with Gasteiger partial charge in [0.05, 0.1) is 0 Å². The van der Waals surface area contributed by atoms with Crippen LogP contribution in [0.15, 0.2) is 0 Å². The second kappa shape index (κ2) is 13.2. The first-order valence-corrected chi connectivity index (χ1v) is 4.66. The van der Waals surface area contributed by atoms with E-state index in [9.17, 15) is 9.59 Å². The summed E-state index contributed by atoms with van der Waals surface area (Å²) in [6.07, 6.45) is 3.28. The van der Waals surface area contributed by atoms with E-state index in [-0.39, 0.29) is 40.0 Å². The molecule has 60 valence electrons. The first kappa shape index (κ1) is 17.7. The number of hydrogen-bond acceptors (Lipinski definition) is 4. The van der Waals surface area contributed by atoms with Gasteiger partial charge in [-0.05, 0) is 12.5 Å². The number of rotatable bonds is 0. The summed E-state index contributed by atoms with van der Waals surface area (Å²) in [5.74, 6) is 0. The van der Waals surface area contributed by atoms with Gasteiger partial charge in [-0.15, -0.1) is 0 Å². The maximum Gasteiger partial charge on any atom is 1.00 e. The van der Waals surface area contributed by atoms with Crippen molar-refractivity contribution in [3.05, 3.63) is 0 Å². The number of carbonyl (C=O) groups is 2. The quantitative estimate of drug-likeness (QED) is 0.442. The average molecular weight is 205 g/mol. The Morgan fingerprint density at radius 2 is 1.09 bits per heavy atom. The Morgan fingerprint density at radius 3 is 1.09 bits per heavy atom. The van der Waals surface area contributed by atoms with Crippen molar-refractivity contribution in [2.45, 2.75) is 0 Å². The van der Waals surface area contributed by atoms with E-state index in [4.69, 9.17) is 0 Å². The van der Waals surface area contributed by atoms with Crippen LogP contribution in [-0.4, -0.2) is 23.0 Å². The standard InChI is InChI=1S/2C2H5NOS.Na/c2*1-5-2(3)4;/h2*1H3,(H2,3,4);/q;;+1. The third-order valence-electron chi connectivity index (χ3n) is 0.402. The molecule has 7 heteroatoms. The number of primary amides is 2. The Hall–Kier alpha value is 0.640. The Labute approximate surface area is 96.5 Å². The normalized spacial score (nSPS) is 6.73. The third-order valence-corrected chi connectivity index (χ3v) is 1.21. The summed E-state index contributed by atoms with van der Waals surface area (Å²) >= 11 is 2.04. The van der Waals surface area contributed by atoms with Crippen LogP contribution in [0.25, 0.3) is 0 Å². The number of nitrogens with two attached hydrogens (primary N) is 2. The van der Waals surface area contributed by atoms with Gasteiger partial charge in [-0.2, -0.15) is 0 Å². The zero-order chi connectivity index (χ0) is 8.57. The predicted octanol–water partition coefficient (Wildman–Crippen LogP) is -2.14. The first-order valence-electron chi connectivity index (χ1n) is 2.21. The molecule has 2 amide bonds. The largest absolute Gasteiger partial charge is 1.00 e. The van der Waals surface area contributed by atoms with Gasteiger partial charge in [0.1, 0.15) is 0 Å². The van der Waals surface area contributed by atoms with E-state index in [1.807, 2.05) is 0 Å². The van der Waals surface area contributed by atoms with Crippen LogP contribution in [0.5, 0.6) is 0 Å². The number of amides is 2. The van der Waals surface area contributed by atoms with Gasteiger partial charge >= 0.3 is 29.6 Å². The Morgan fingerprint density at radius 1 is 1.00 bits per heavy atom. The SMILES string of the molecule is CSC(N)=O.CSC(N)=O.[Na+].